The second-order valence-corrected chi connectivity index (χ2v) is 6.96. The number of hydrogen-bond acceptors (Lipinski definition) is 5. The monoisotopic (exact) mass is 341 g/mol. The molecule has 24 heavy (non-hydrogen) atoms. The molecule has 0 bridgehead atoms. The fraction of sp³-hybridized carbons (Fsp3) is 0.353. The van der Waals surface area contributed by atoms with Gasteiger partial charge in [-0.05, 0) is 5.56 Å². The SMILES string of the molecule is O=C1NCC2CN(c3cncc(SCc4ccccc4)n3)CCN12. The van der Waals surface area contributed by atoms with Crippen molar-refractivity contribution in [2.24, 2.45) is 0 Å². The summed E-state index contributed by atoms with van der Waals surface area (Å²) in [7, 11) is 0. The van der Waals surface area contributed by atoms with Gasteiger partial charge in [0, 0.05) is 31.9 Å². The molecule has 124 valence electrons. The van der Waals surface area contributed by atoms with Crippen molar-refractivity contribution >= 4 is 23.6 Å². The molecule has 1 unspecified atom stereocenters. The lowest BCUT2D eigenvalue weighted by atomic mass is 10.2. The summed E-state index contributed by atoms with van der Waals surface area (Å²) in [6.07, 6.45) is 3.63. The van der Waals surface area contributed by atoms with Crippen LogP contribution in [-0.2, 0) is 5.75 Å². The molecular formula is C17H19N5OS. The number of rotatable bonds is 4. The summed E-state index contributed by atoms with van der Waals surface area (Å²) in [6, 6.07) is 10.6. The van der Waals surface area contributed by atoms with Crippen LogP contribution in [0.25, 0.3) is 0 Å². The van der Waals surface area contributed by atoms with Crippen LogP contribution < -0.4 is 10.2 Å². The van der Waals surface area contributed by atoms with E-state index in [0.717, 1.165) is 36.2 Å². The molecule has 4 rings (SSSR count). The van der Waals surface area contributed by atoms with E-state index >= 15 is 0 Å². The highest BCUT2D eigenvalue weighted by Gasteiger charge is 2.35. The molecule has 7 heteroatoms. The van der Waals surface area contributed by atoms with Gasteiger partial charge in [-0.1, -0.05) is 30.3 Å². The van der Waals surface area contributed by atoms with Crippen molar-refractivity contribution in [1.82, 2.24) is 20.2 Å². The van der Waals surface area contributed by atoms with E-state index < -0.39 is 0 Å². The molecule has 2 aliphatic heterocycles. The van der Waals surface area contributed by atoms with Gasteiger partial charge in [0.15, 0.2) is 0 Å². The first kappa shape index (κ1) is 15.3. The molecule has 0 radical (unpaired) electrons. The maximum Gasteiger partial charge on any atom is 0.317 e. The van der Waals surface area contributed by atoms with E-state index in [2.05, 4.69) is 39.5 Å². The zero-order chi connectivity index (χ0) is 16.4. The van der Waals surface area contributed by atoms with E-state index in [0.29, 0.717) is 6.54 Å². The second kappa shape index (κ2) is 6.68. The molecule has 2 fully saturated rings. The first-order valence-corrected chi connectivity index (χ1v) is 9.06. The number of nitrogens with zero attached hydrogens (tertiary/aromatic N) is 4. The predicted octanol–water partition coefficient (Wildman–Crippen LogP) is 1.98. The van der Waals surface area contributed by atoms with Gasteiger partial charge in [0.2, 0.25) is 0 Å². The maximum absolute atomic E-state index is 11.7. The van der Waals surface area contributed by atoms with Crippen LogP contribution >= 0.6 is 11.8 Å². The van der Waals surface area contributed by atoms with Crippen LogP contribution in [0.3, 0.4) is 0 Å². The number of piperazine rings is 1. The van der Waals surface area contributed by atoms with Gasteiger partial charge >= 0.3 is 6.03 Å². The Morgan fingerprint density at radius 2 is 2.08 bits per heavy atom. The Balaban J connectivity index is 1.42. The number of benzene rings is 1. The number of anilines is 1. The third-order valence-electron chi connectivity index (χ3n) is 4.39. The van der Waals surface area contributed by atoms with Crippen LogP contribution in [0.5, 0.6) is 0 Å². The van der Waals surface area contributed by atoms with Crippen molar-refractivity contribution in [3.8, 4) is 0 Å². The summed E-state index contributed by atoms with van der Waals surface area (Å²) in [5, 5.41) is 3.83. The predicted molar refractivity (Wildman–Crippen MR) is 94.1 cm³/mol. The van der Waals surface area contributed by atoms with Crippen molar-refractivity contribution in [3.05, 3.63) is 48.3 Å². The molecule has 2 aliphatic rings. The Hall–Kier alpha value is -2.28. The van der Waals surface area contributed by atoms with E-state index in [9.17, 15) is 4.79 Å². The molecule has 1 N–H and O–H groups in total. The minimum atomic E-state index is 0.0536. The lowest BCUT2D eigenvalue weighted by molar-refractivity contribution is 0.197. The zero-order valence-corrected chi connectivity index (χ0v) is 14.1. The van der Waals surface area contributed by atoms with Crippen LogP contribution in [0.15, 0.2) is 47.8 Å². The van der Waals surface area contributed by atoms with Gasteiger partial charge in [0.05, 0.1) is 18.4 Å². The Morgan fingerprint density at radius 1 is 1.21 bits per heavy atom. The Labute approximate surface area is 145 Å². The molecule has 1 aromatic heterocycles. The summed E-state index contributed by atoms with van der Waals surface area (Å²) in [5.41, 5.74) is 1.28. The number of amides is 2. The highest BCUT2D eigenvalue weighted by Crippen LogP contribution is 2.24. The van der Waals surface area contributed by atoms with E-state index in [-0.39, 0.29) is 12.1 Å². The van der Waals surface area contributed by atoms with Gasteiger partial charge in [0.1, 0.15) is 10.8 Å². The van der Waals surface area contributed by atoms with Crippen LogP contribution in [0.4, 0.5) is 10.6 Å². The first-order valence-electron chi connectivity index (χ1n) is 8.08. The summed E-state index contributed by atoms with van der Waals surface area (Å²) in [6.45, 7) is 3.05. The molecule has 3 heterocycles. The third-order valence-corrected chi connectivity index (χ3v) is 5.36. The minimum absolute atomic E-state index is 0.0536. The topological polar surface area (TPSA) is 61.4 Å². The molecule has 2 saturated heterocycles. The number of carbonyl (C=O) groups excluding carboxylic acids is 1. The van der Waals surface area contributed by atoms with Crippen molar-refractivity contribution < 1.29 is 4.79 Å². The Morgan fingerprint density at radius 3 is 2.96 bits per heavy atom. The Bertz CT molecular complexity index is 726. The second-order valence-electron chi connectivity index (χ2n) is 5.97. The van der Waals surface area contributed by atoms with Crippen molar-refractivity contribution in [2.75, 3.05) is 31.1 Å². The summed E-state index contributed by atoms with van der Waals surface area (Å²) < 4.78 is 0. The number of aromatic nitrogens is 2. The van der Waals surface area contributed by atoms with Gasteiger partial charge in [-0.2, -0.15) is 0 Å². The van der Waals surface area contributed by atoms with Crippen molar-refractivity contribution in [1.29, 1.82) is 0 Å². The Kier molecular flexibility index (Phi) is 4.25. The standard InChI is InChI=1S/C17H19N5OS/c23-17-19-8-14-11-21(6-7-22(14)17)15-9-18-10-16(20-15)24-12-13-4-2-1-3-5-13/h1-5,9-10,14H,6-8,11-12H2,(H,19,23). The summed E-state index contributed by atoms with van der Waals surface area (Å²) in [5.74, 6) is 1.78. The number of carbonyl (C=O) groups is 1. The molecule has 0 spiro atoms. The third kappa shape index (κ3) is 3.17. The largest absolute Gasteiger partial charge is 0.351 e. The number of urea groups is 1. The van der Waals surface area contributed by atoms with Gasteiger partial charge in [-0.3, -0.25) is 4.98 Å². The van der Waals surface area contributed by atoms with Gasteiger partial charge in [-0.15, -0.1) is 11.8 Å². The van der Waals surface area contributed by atoms with Gasteiger partial charge in [0.25, 0.3) is 0 Å². The van der Waals surface area contributed by atoms with Gasteiger partial charge < -0.3 is 15.1 Å². The van der Waals surface area contributed by atoms with E-state index in [4.69, 9.17) is 4.98 Å². The highest BCUT2D eigenvalue weighted by molar-refractivity contribution is 7.98. The van der Waals surface area contributed by atoms with Crippen LogP contribution in [0.1, 0.15) is 5.56 Å². The van der Waals surface area contributed by atoms with E-state index in [1.54, 1.807) is 11.8 Å². The van der Waals surface area contributed by atoms with Crippen LogP contribution in [0, 0.1) is 0 Å². The lowest BCUT2D eigenvalue weighted by Gasteiger charge is -2.36. The summed E-state index contributed by atoms with van der Waals surface area (Å²) in [4.78, 5) is 24.9. The van der Waals surface area contributed by atoms with Crippen LogP contribution in [-0.4, -0.2) is 53.1 Å². The molecule has 0 aliphatic carbocycles. The zero-order valence-electron chi connectivity index (χ0n) is 13.3. The number of nitrogens with one attached hydrogen (secondary N) is 1. The maximum atomic E-state index is 11.7. The smallest absolute Gasteiger partial charge is 0.317 e. The molecule has 0 saturated carbocycles. The molecule has 2 amide bonds. The van der Waals surface area contributed by atoms with Gasteiger partial charge in [-0.25, -0.2) is 9.78 Å². The molecule has 6 nitrogen and oxygen atoms in total. The molecule has 1 aromatic carbocycles. The summed E-state index contributed by atoms with van der Waals surface area (Å²) >= 11 is 1.69. The number of fused-ring (bicyclic) bond motifs is 1. The minimum Gasteiger partial charge on any atom is -0.351 e. The average Bonchev–Trinajstić information content (AvgIpc) is 3.02. The van der Waals surface area contributed by atoms with Crippen molar-refractivity contribution in [3.63, 3.8) is 0 Å². The molecule has 1 atom stereocenters. The van der Waals surface area contributed by atoms with Crippen molar-refractivity contribution in [2.45, 2.75) is 16.8 Å². The van der Waals surface area contributed by atoms with Crippen LogP contribution in [0.2, 0.25) is 0 Å². The molecule has 2 aromatic rings. The first-order chi connectivity index (χ1) is 11.8. The lowest BCUT2D eigenvalue weighted by Crippen LogP contribution is -2.52. The molecular weight excluding hydrogens is 322 g/mol. The number of thioether (sulfide) groups is 1. The fourth-order valence-electron chi connectivity index (χ4n) is 3.10. The van der Waals surface area contributed by atoms with E-state index in [1.807, 2.05) is 23.4 Å². The fourth-order valence-corrected chi connectivity index (χ4v) is 3.90. The highest BCUT2D eigenvalue weighted by atomic mass is 32.2. The van der Waals surface area contributed by atoms with E-state index in [1.165, 1.54) is 5.56 Å². The normalized spacial score (nSPS) is 20.0. The average molecular weight is 341 g/mol. The quantitative estimate of drug-likeness (QED) is 0.862. The number of hydrogen-bond donors (Lipinski definition) is 1.